The third-order valence-electron chi connectivity index (χ3n) is 2.47. The van der Waals surface area contributed by atoms with E-state index in [4.69, 9.17) is 16.9 Å². The van der Waals surface area contributed by atoms with Crippen LogP contribution in [0.3, 0.4) is 0 Å². The summed E-state index contributed by atoms with van der Waals surface area (Å²) >= 11 is 0. The molecule has 1 amide bonds. The molecule has 0 fully saturated rings. The maximum Gasteiger partial charge on any atom is 0.268 e. The molecule has 4 nitrogen and oxygen atoms in total. The van der Waals surface area contributed by atoms with E-state index in [0.717, 1.165) is 0 Å². The molecule has 0 spiro atoms. The van der Waals surface area contributed by atoms with Gasteiger partial charge in [-0.2, -0.15) is 0 Å². The van der Waals surface area contributed by atoms with Crippen molar-refractivity contribution in [2.75, 3.05) is 17.2 Å². The number of para-hydroxylation sites is 1. The Morgan fingerprint density at radius 2 is 2.38 bits per heavy atom. The molecule has 1 heterocycles. The van der Waals surface area contributed by atoms with E-state index < -0.39 is 6.10 Å². The molecule has 16 heavy (non-hydrogen) atoms. The number of nitrogens with two attached hydrogens (primary N) is 1. The number of anilines is 2. The molecule has 2 rings (SSSR count). The predicted molar refractivity (Wildman–Crippen MR) is 62.1 cm³/mol. The summed E-state index contributed by atoms with van der Waals surface area (Å²) in [5.74, 6) is 2.89. The fourth-order valence-electron chi connectivity index (χ4n) is 1.74. The SMILES string of the molecule is C#CCN1C(=O)C(C)Oc2cccc(N)c21. The maximum atomic E-state index is 11.9. The van der Waals surface area contributed by atoms with Crippen LogP contribution < -0.4 is 15.4 Å². The van der Waals surface area contributed by atoms with E-state index >= 15 is 0 Å². The topological polar surface area (TPSA) is 55.6 Å². The molecule has 0 saturated carbocycles. The van der Waals surface area contributed by atoms with Crippen molar-refractivity contribution >= 4 is 17.3 Å². The highest BCUT2D eigenvalue weighted by Gasteiger charge is 2.32. The lowest BCUT2D eigenvalue weighted by molar-refractivity contribution is -0.125. The van der Waals surface area contributed by atoms with Gasteiger partial charge in [-0.15, -0.1) is 6.42 Å². The zero-order valence-corrected chi connectivity index (χ0v) is 8.93. The molecule has 1 aromatic rings. The lowest BCUT2D eigenvalue weighted by Gasteiger charge is -2.32. The van der Waals surface area contributed by atoms with Crippen molar-refractivity contribution in [1.29, 1.82) is 0 Å². The van der Waals surface area contributed by atoms with Gasteiger partial charge in [0, 0.05) is 0 Å². The van der Waals surface area contributed by atoms with Crippen LogP contribution in [-0.4, -0.2) is 18.6 Å². The largest absolute Gasteiger partial charge is 0.479 e. The predicted octanol–water partition coefficient (Wildman–Crippen LogP) is 1.02. The van der Waals surface area contributed by atoms with Gasteiger partial charge in [0.2, 0.25) is 0 Å². The van der Waals surface area contributed by atoms with Gasteiger partial charge in [0.05, 0.1) is 12.2 Å². The van der Waals surface area contributed by atoms with E-state index in [1.54, 1.807) is 25.1 Å². The van der Waals surface area contributed by atoms with E-state index in [-0.39, 0.29) is 12.5 Å². The van der Waals surface area contributed by atoms with Gasteiger partial charge in [-0.05, 0) is 19.1 Å². The molecule has 1 aromatic carbocycles. The van der Waals surface area contributed by atoms with E-state index in [9.17, 15) is 4.79 Å². The number of nitrogen functional groups attached to an aromatic ring is 1. The summed E-state index contributed by atoms with van der Waals surface area (Å²) in [4.78, 5) is 13.4. The Hall–Kier alpha value is -2.15. The van der Waals surface area contributed by atoms with Gasteiger partial charge in [-0.1, -0.05) is 12.0 Å². The van der Waals surface area contributed by atoms with E-state index in [0.29, 0.717) is 17.1 Å². The van der Waals surface area contributed by atoms with Gasteiger partial charge >= 0.3 is 0 Å². The summed E-state index contributed by atoms with van der Waals surface area (Å²) in [6.45, 7) is 1.89. The van der Waals surface area contributed by atoms with Gasteiger partial charge in [0.1, 0.15) is 11.4 Å². The molecular weight excluding hydrogens is 204 g/mol. The Bertz CT molecular complexity index is 476. The van der Waals surface area contributed by atoms with Crippen molar-refractivity contribution in [2.45, 2.75) is 13.0 Å². The summed E-state index contributed by atoms with van der Waals surface area (Å²) < 4.78 is 5.46. The molecule has 1 unspecified atom stereocenters. The lowest BCUT2D eigenvalue weighted by atomic mass is 10.1. The monoisotopic (exact) mass is 216 g/mol. The third kappa shape index (κ3) is 1.47. The molecule has 0 bridgehead atoms. The normalized spacial score (nSPS) is 18.6. The molecule has 0 saturated heterocycles. The Kier molecular flexibility index (Phi) is 2.45. The quantitative estimate of drug-likeness (QED) is 0.563. The second kappa shape index (κ2) is 3.78. The van der Waals surface area contributed by atoms with Crippen LogP contribution in [0.25, 0.3) is 0 Å². The van der Waals surface area contributed by atoms with Crippen molar-refractivity contribution in [3.63, 3.8) is 0 Å². The molecule has 0 aromatic heterocycles. The Morgan fingerprint density at radius 1 is 1.62 bits per heavy atom. The van der Waals surface area contributed by atoms with Crippen LogP contribution in [0.4, 0.5) is 11.4 Å². The Labute approximate surface area is 94.0 Å². The number of hydrogen-bond acceptors (Lipinski definition) is 3. The molecule has 1 atom stereocenters. The number of carbonyl (C=O) groups is 1. The zero-order chi connectivity index (χ0) is 11.7. The summed E-state index contributed by atoms with van der Waals surface area (Å²) in [7, 11) is 0. The van der Waals surface area contributed by atoms with Crippen LogP contribution in [-0.2, 0) is 4.79 Å². The van der Waals surface area contributed by atoms with Crippen LogP contribution in [0, 0.1) is 12.3 Å². The van der Waals surface area contributed by atoms with Gasteiger partial charge in [-0.3, -0.25) is 9.69 Å². The average Bonchev–Trinajstić information content (AvgIpc) is 2.25. The first-order valence-electron chi connectivity index (χ1n) is 4.95. The maximum absolute atomic E-state index is 11.9. The molecule has 4 heteroatoms. The number of fused-ring (bicyclic) bond motifs is 1. The van der Waals surface area contributed by atoms with Crippen LogP contribution in [0.2, 0.25) is 0 Å². The highest BCUT2D eigenvalue weighted by molar-refractivity contribution is 6.03. The minimum Gasteiger partial charge on any atom is -0.479 e. The lowest BCUT2D eigenvalue weighted by Crippen LogP contribution is -2.44. The third-order valence-corrected chi connectivity index (χ3v) is 2.47. The second-order valence-electron chi connectivity index (χ2n) is 3.58. The van der Waals surface area contributed by atoms with Crippen LogP contribution in [0.1, 0.15) is 6.92 Å². The van der Waals surface area contributed by atoms with Crippen LogP contribution in [0.5, 0.6) is 5.75 Å². The summed E-state index contributed by atoms with van der Waals surface area (Å²) in [5.41, 5.74) is 6.89. The molecular formula is C12H12N2O2. The Morgan fingerprint density at radius 3 is 3.06 bits per heavy atom. The van der Waals surface area contributed by atoms with Crippen molar-refractivity contribution in [3.05, 3.63) is 18.2 Å². The van der Waals surface area contributed by atoms with E-state index in [1.165, 1.54) is 4.90 Å². The number of nitrogens with zero attached hydrogens (tertiary/aromatic N) is 1. The summed E-state index contributed by atoms with van der Waals surface area (Å²) in [6, 6.07) is 5.28. The van der Waals surface area contributed by atoms with Gasteiger partial charge in [-0.25, -0.2) is 0 Å². The molecule has 2 N–H and O–H groups in total. The molecule has 0 radical (unpaired) electrons. The molecule has 1 aliphatic heterocycles. The fraction of sp³-hybridized carbons (Fsp3) is 0.250. The van der Waals surface area contributed by atoms with Gasteiger partial charge in [0.15, 0.2) is 6.10 Å². The Balaban J connectivity index is 2.54. The highest BCUT2D eigenvalue weighted by Crippen LogP contribution is 2.38. The molecule has 82 valence electrons. The number of terminal acetylenes is 1. The molecule has 0 aliphatic carbocycles. The fourth-order valence-corrected chi connectivity index (χ4v) is 1.74. The summed E-state index contributed by atoms with van der Waals surface area (Å²) in [5, 5.41) is 0. The van der Waals surface area contributed by atoms with Crippen molar-refractivity contribution in [3.8, 4) is 18.1 Å². The van der Waals surface area contributed by atoms with Gasteiger partial charge < -0.3 is 10.5 Å². The smallest absolute Gasteiger partial charge is 0.268 e. The van der Waals surface area contributed by atoms with E-state index in [1.807, 2.05) is 0 Å². The van der Waals surface area contributed by atoms with Crippen LogP contribution in [0.15, 0.2) is 18.2 Å². The van der Waals surface area contributed by atoms with Crippen molar-refractivity contribution < 1.29 is 9.53 Å². The highest BCUT2D eigenvalue weighted by atomic mass is 16.5. The zero-order valence-electron chi connectivity index (χ0n) is 8.93. The van der Waals surface area contributed by atoms with Crippen molar-refractivity contribution in [2.24, 2.45) is 0 Å². The molecule has 1 aliphatic rings. The number of carbonyl (C=O) groups excluding carboxylic acids is 1. The van der Waals surface area contributed by atoms with E-state index in [2.05, 4.69) is 5.92 Å². The number of ether oxygens (including phenoxy) is 1. The second-order valence-corrected chi connectivity index (χ2v) is 3.58. The first-order chi connectivity index (χ1) is 7.65. The first-order valence-corrected chi connectivity index (χ1v) is 4.95. The van der Waals surface area contributed by atoms with Crippen LogP contribution >= 0.6 is 0 Å². The first kappa shape index (κ1) is 10.4. The van der Waals surface area contributed by atoms with Gasteiger partial charge in [0.25, 0.3) is 5.91 Å². The minimum absolute atomic E-state index is 0.164. The average molecular weight is 216 g/mol. The standard InChI is InChI=1S/C12H12N2O2/c1-3-7-14-11-9(13)5-4-6-10(11)16-8(2)12(14)15/h1,4-6,8H,7,13H2,2H3. The minimum atomic E-state index is -0.525. The number of rotatable bonds is 1. The van der Waals surface area contributed by atoms with Crippen molar-refractivity contribution in [1.82, 2.24) is 0 Å². The number of benzene rings is 1. The number of amides is 1. The number of hydrogen-bond donors (Lipinski definition) is 1. The summed E-state index contributed by atoms with van der Waals surface area (Å²) in [6.07, 6.45) is 4.72.